The molecule has 1 heterocycles. The lowest BCUT2D eigenvalue weighted by molar-refractivity contribution is 0.224. The maximum Gasteiger partial charge on any atom is 0.213 e. The fourth-order valence-corrected chi connectivity index (χ4v) is 2.51. The van der Waals surface area contributed by atoms with Crippen molar-refractivity contribution in [3.05, 3.63) is 47.1 Å². The third kappa shape index (κ3) is 6.44. The van der Waals surface area contributed by atoms with Crippen LogP contribution in [0.2, 0.25) is 5.02 Å². The first kappa shape index (κ1) is 19.3. The Hall–Kier alpha value is -1.98. The van der Waals surface area contributed by atoms with Crippen LogP contribution in [0.5, 0.6) is 17.4 Å². The van der Waals surface area contributed by atoms with E-state index in [0.29, 0.717) is 48.7 Å². The molecule has 0 spiro atoms. The van der Waals surface area contributed by atoms with Crippen LogP contribution in [-0.4, -0.2) is 30.8 Å². The summed E-state index contributed by atoms with van der Waals surface area (Å²) in [7, 11) is 0. The molecule has 0 aliphatic rings. The van der Waals surface area contributed by atoms with E-state index in [1.165, 1.54) is 0 Å². The summed E-state index contributed by atoms with van der Waals surface area (Å²) in [6.07, 6.45) is 1.74. The lowest BCUT2D eigenvalue weighted by Crippen LogP contribution is -2.21. The van der Waals surface area contributed by atoms with Gasteiger partial charge in [0.05, 0.1) is 17.7 Å². The van der Waals surface area contributed by atoms with Gasteiger partial charge in [-0.25, -0.2) is 4.98 Å². The Bertz CT molecular complexity index is 651. The number of hydrogen-bond donors (Lipinski definition) is 1. The Kier molecular flexibility index (Phi) is 7.82. The molecule has 1 aromatic carbocycles. The Morgan fingerprint density at radius 2 is 2.04 bits per heavy atom. The highest BCUT2D eigenvalue weighted by Gasteiger charge is 2.13. The highest BCUT2D eigenvalue weighted by Crippen LogP contribution is 2.37. The summed E-state index contributed by atoms with van der Waals surface area (Å²) in [5.41, 5.74) is 1.03. The quantitative estimate of drug-likeness (QED) is 0.643. The van der Waals surface area contributed by atoms with Gasteiger partial charge >= 0.3 is 0 Å². The van der Waals surface area contributed by atoms with Crippen molar-refractivity contribution in [2.45, 2.75) is 33.4 Å². The SMILES string of the molecule is CCOc1cc(CNCCOc2ccccn2)cc(Cl)c1OC(C)C. The monoisotopic (exact) mass is 364 g/mol. The van der Waals surface area contributed by atoms with Crippen molar-refractivity contribution in [3.8, 4) is 17.4 Å². The van der Waals surface area contributed by atoms with Gasteiger partial charge in [0.1, 0.15) is 6.61 Å². The van der Waals surface area contributed by atoms with Gasteiger partial charge < -0.3 is 19.5 Å². The number of nitrogens with zero attached hydrogens (tertiary/aromatic N) is 1. The van der Waals surface area contributed by atoms with Gasteiger partial charge in [0.15, 0.2) is 11.5 Å². The Morgan fingerprint density at radius 1 is 1.20 bits per heavy atom. The highest BCUT2D eigenvalue weighted by molar-refractivity contribution is 6.32. The summed E-state index contributed by atoms with van der Waals surface area (Å²) < 4.78 is 17.0. The van der Waals surface area contributed by atoms with Gasteiger partial charge in [0, 0.05) is 25.4 Å². The third-order valence-corrected chi connectivity index (χ3v) is 3.50. The van der Waals surface area contributed by atoms with Crippen molar-refractivity contribution in [1.82, 2.24) is 10.3 Å². The Labute approximate surface area is 154 Å². The molecule has 2 rings (SSSR count). The Balaban J connectivity index is 1.88. The molecule has 0 bridgehead atoms. The molecule has 0 aliphatic heterocycles. The minimum Gasteiger partial charge on any atom is -0.490 e. The second-order valence-corrected chi connectivity index (χ2v) is 6.10. The minimum absolute atomic E-state index is 0.0319. The standard InChI is InChI=1S/C19H25ClN2O3/c1-4-23-17-12-15(11-16(20)19(17)25-14(2)3)13-21-9-10-24-18-7-5-6-8-22-18/h5-8,11-12,14,21H,4,9-10,13H2,1-3H3. The zero-order valence-electron chi connectivity index (χ0n) is 14.9. The molecular weight excluding hydrogens is 340 g/mol. The summed E-state index contributed by atoms with van der Waals surface area (Å²) in [5, 5.41) is 3.88. The van der Waals surface area contributed by atoms with Gasteiger partial charge in [-0.3, -0.25) is 0 Å². The number of hydrogen-bond acceptors (Lipinski definition) is 5. The molecule has 0 amide bonds. The summed E-state index contributed by atoms with van der Waals surface area (Å²) in [4.78, 5) is 4.11. The average Bonchev–Trinajstić information content (AvgIpc) is 2.58. The Morgan fingerprint density at radius 3 is 2.72 bits per heavy atom. The molecule has 1 aromatic heterocycles. The predicted octanol–water partition coefficient (Wildman–Crippen LogP) is 4.09. The lowest BCUT2D eigenvalue weighted by Gasteiger charge is -2.17. The molecule has 0 radical (unpaired) electrons. The van der Waals surface area contributed by atoms with Gasteiger partial charge in [-0.15, -0.1) is 0 Å². The van der Waals surface area contributed by atoms with Crippen molar-refractivity contribution in [1.29, 1.82) is 0 Å². The van der Waals surface area contributed by atoms with E-state index in [0.717, 1.165) is 5.56 Å². The molecule has 2 aromatic rings. The highest BCUT2D eigenvalue weighted by atomic mass is 35.5. The summed E-state index contributed by atoms with van der Waals surface area (Å²) >= 11 is 6.37. The molecule has 0 unspecified atom stereocenters. The smallest absolute Gasteiger partial charge is 0.213 e. The number of benzene rings is 1. The van der Waals surface area contributed by atoms with Crippen molar-refractivity contribution < 1.29 is 14.2 Å². The van der Waals surface area contributed by atoms with E-state index in [9.17, 15) is 0 Å². The van der Waals surface area contributed by atoms with Crippen molar-refractivity contribution in [2.75, 3.05) is 19.8 Å². The van der Waals surface area contributed by atoms with E-state index >= 15 is 0 Å². The largest absolute Gasteiger partial charge is 0.490 e. The van der Waals surface area contributed by atoms with E-state index in [1.54, 1.807) is 6.20 Å². The van der Waals surface area contributed by atoms with Gasteiger partial charge in [-0.05, 0) is 44.5 Å². The fourth-order valence-electron chi connectivity index (χ4n) is 2.23. The van der Waals surface area contributed by atoms with E-state index in [1.807, 2.05) is 51.1 Å². The number of halogens is 1. The van der Waals surface area contributed by atoms with Crippen LogP contribution < -0.4 is 19.5 Å². The zero-order valence-corrected chi connectivity index (χ0v) is 15.7. The van der Waals surface area contributed by atoms with Gasteiger partial charge in [0.25, 0.3) is 0 Å². The van der Waals surface area contributed by atoms with Crippen LogP contribution in [0.25, 0.3) is 0 Å². The normalized spacial score (nSPS) is 10.8. The first-order chi connectivity index (χ1) is 12.1. The molecule has 136 valence electrons. The molecule has 0 fully saturated rings. The first-order valence-corrected chi connectivity index (χ1v) is 8.84. The molecule has 1 N–H and O–H groups in total. The number of nitrogens with one attached hydrogen (secondary N) is 1. The molecule has 5 nitrogen and oxygen atoms in total. The van der Waals surface area contributed by atoms with Crippen LogP contribution in [0.1, 0.15) is 26.3 Å². The topological polar surface area (TPSA) is 52.6 Å². The fraction of sp³-hybridized carbons (Fsp3) is 0.421. The van der Waals surface area contributed by atoms with E-state index in [2.05, 4.69) is 10.3 Å². The molecule has 6 heteroatoms. The molecule has 0 aliphatic carbocycles. The number of rotatable bonds is 10. The van der Waals surface area contributed by atoms with Crippen LogP contribution >= 0.6 is 11.6 Å². The maximum atomic E-state index is 6.37. The van der Waals surface area contributed by atoms with Crippen LogP contribution in [0.4, 0.5) is 0 Å². The number of aromatic nitrogens is 1. The van der Waals surface area contributed by atoms with E-state index in [4.69, 9.17) is 25.8 Å². The van der Waals surface area contributed by atoms with Gasteiger partial charge in [0.2, 0.25) is 5.88 Å². The summed E-state index contributed by atoms with van der Waals surface area (Å²) in [6.45, 7) is 8.31. The van der Waals surface area contributed by atoms with Crippen LogP contribution in [0.3, 0.4) is 0 Å². The first-order valence-electron chi connectivity index (χ1n) is 8.46. The van der Waals surface area contributed by atoms with Crippen LogP contribution in [0.15, 0.2) is 36.5 Å². The van der Waals surface area contributed by atoms with Crippen molar-refractivity contribution >= 4 is 11.6 Å². The third-order valence-electron chi connectivity index (χ3n) is 3.22. The molecule has 0 saturated heterocycles. The zero-order chi connectivity index (χ0) is 18.1. The van der Waals surface area contributed by atoms with E-state index < -0.39 is 0 Å². The second-order valence-electron chi connectivity index (χ2n) is 5.70. The molecular formula is C19H25ClN2O3. The maximum absolute atomic E-state index is 6.37. The molecule has 0 atom stereocenters. The van der Waals surface area contributed by atoms with Gasteiger partial charge in [-0.1, -0.05) is 17.7 Å². The lowest BCUT2D eigenvalue weighted by atomic mass is 10.2. The predicted molar refractivity (Wildman–Crippen MR) is 99.8 cm³/mol. The van der Waals surface area contributed by atoms with Crippen LogP contribution in [0, 0.1) is 0 Å². The van der Waals surface area contributed by atoms with Crippen molar-refractivity contribution in [3.63, 3.8) is 0 Å². The van der Waals surface area contributed by atoms with Crippen molar-refractivity contribution in [2.24, 2.45) is 0 Å². The van der Waals surface area contributed by atoms with E-state index in [-0.39, 0.29) is 6.10 Å². The summed E-state index contributed by atoms with van der Waals surface area (Å²) in [6, 6.07) is 9.45. The average molecular weight is 365 g/mol. The molecule has 25 heavy (non-hydrogen) atoms. The van der Waals surface area contributed by atoms with Gasteiger partial charge in [-0.2, -0.15) is 0 Å². The number of ether oxygens (including phenoxy) is 3. The molecule has 0 saturated carbocycles. The minimum atomic E-state index is 0.0319. The second kappa shape index (κ2) is 10.1. The number of pyridine rings is 1. The summed E-state index contributed by atoms with van der Waals surface area (Å²) in [5.74, 6) is 1.90. The van der Waals surface area contributed by atoms with Crippen LogP contribution in [-0.2, 0) is 6.54 Å².